The maximum absolute atomic E-state index is 13.0. The Balaban J connectivity index is 1.79. The number of anilines is 2. The number of carbonyl (C=O) groups is 1. The van der Waals surface area contributed by atoms with Crippen LogP contribution in [0.1, 0.15) is 19.8 Å². The zero-order chi connectivity index (χ0) is 24.6. The van der Waals surface area contributed by atoms with Gasteiger partial charge in [-0.1, -0.05) is 11.6 Å². The minimum absolute atomic E-state index is 0.0175. The van der Waals surface area contributed by atoms with Crippen LogP contribution < -0.4 is 10.2 Å². The van der Waals surface area contributed by atoms with Gasteiger partial charge in [0.15, 0.2) is 0 Å². The molecule has 1 atom stereocenters. The van der Waals surface area contributed by atoms with E-state index in [-0.39, 0.29) is 26.6 Å². The van der Waals surface area contributed by atoms with E-state index in [1.165, 1.54) is 12.1 Å². The summed E-state index contributed by atoms with van der Waals surface area (Å²) in [6.07, 6.45) is -4.30. The Morgan fingerprint density at radius 3 is 2.15 bits per heavy atom. The topological polar surface area (TPSA) is 107 Å². The van der Waals surface area contributed by atoms with Crippen LogP contribution in [0.3, 0.4) is 0 Å². The minimum atomic E-state index is -5.22. The maximum Gasteiger partial charge on any atom is 0.426 e. The standard InChI is InChI=1S/C21H22ClF3N2O5S/c1-20(30,21(23,24)25)19(29)26-18-7-6-16(12-17(18)22)33(31,32)15-4-2-13(3-5-15)27-10-8-14(28)9-11-27/h2-7,12,14,28,30H,8-11H2,1H3,(H,26,29)/t20-/m1/s1. The third kappa shape index (κ3) is 5.26. The molecule has 0 aliphatic carbocycles. The summed E-state index contributed by atoms with van der Waals surface area (Å²) in [6.45, 7) is 1.60. The van der Waals surface area contributed by atoms with E-state index in [4.69, 9.17) is 11.6 Å². The predicted molar refractivity (Wildman–Crippen MR) is 116 cm³/mol. The Bertz CT molecular complexity index is 1130. The molecule has 12 heteroatoms. The second-order valence-corrected chi connectivity index (χ2v) is 10.2. The molecule has 1 aliphatic rings. The van der Waals surface area contributed by atoms with E-state index < -0.39 is 27.5 Å². The minimum Gasteiger partial charge on any atom is -0.393 e. The molecule has 0 aromatic heterocycles. The summed E-state index contributed by atoms with van der Waals surface area (Å²) >= 11 is 6.00. The van der Waals surface area contributed by atoms with E-state index in [1.807, 2.05) is 10.2 Å². The molecule has 3 N–H and O–H groups in total. The Morgan fingerprint density at radius 1 is 1.09 bits per heavy atom. The fourth-order valence-electron chi connectivity index (χ4n) is 3.23. The van der Waals surface area contributed by atoms with E-state index >= 15 is 0 Å². The number of carbonyl (C=O) groups excluding carboxylic acids is 1. The van der Waals surface area contributed by atoms with Gasteiger partial charge in [0.25, 0.3) is 5.91 Å². The zero-order valence-electron chi connectivity index (χ0n) is 17.4. The lowest BCUT2D eigenvalue weighted by molar-refractivity contribution is -0.242. The molecule has 1 saturated heterocycles. The number of halogens is 4. The van der Waals surface area contributed by atoms with Crippen LogP contribution in [0.2, 0.25) is 5.02 Å². The highest BCUT2D eigenvalue weighted by Gasteiger charge is 2.55. The first-order chi connectivity index (χ1) is 15.2. The van der Waals surface area contributed by atoms with Gasteiger partial charge in [0.1, 0.15) is 0 Å². The van der Waals surface area contributed by atoms with Crippen LogP contribution in [0.15, 0.2) is 52.3 Å². The van der Waals surface area contributed by atoms with Crippen LogP contribution in [0.4, 0.5) is 24.5 Å². The molecule has 0 saturated carbocycles. The van der Waals surface area contributed by atoms with Gasteiger partial charge in [-0.05, 0) is 62.2 Å². The first-order valence-electron chi connectivity index (χ1n) is 9.92. The van der Waals surface area contributed by atoms with Gasteiger partial charge in [0, 0.05) is 18.8 Å². The normalized spacial score (nSPS) is 17.5. The molecule has 1 amide bonds. The Labute approximate surface area is 193 Å². The van der Waals surface area contributed by atoms with Gasteiger partial charge in [-0.25, -0.2) is 8.42 Å². The van der Waals surface area contributed by atoms with Crippen molar-refractivity contribution in [3.05, 3.63) is 47.5 Å². The van der Waals surface area contributed by atoms with E-state index in [9.17, 15) is 36.6 Å². The van der Waals surface area contributed by atoms with Crippen LogP contribution in [0.25, 0.3) is 0 Å². The van der Waals surface area contributed by atoms with Gasteiger partial charge >= 0.3 is 6.18 Å². The molecule has 3 rings (SSSR count). The molecular formula is C21H22ClF3N2O5S. The molecule has 0 radical (unpaired) electrons. The number of amides is 1. The average Bonchev–Trinajstić information content (AvgIpc) is 2.74. The number of nitrogens with one attached hydrogen (secondary N) is 1. The van der Waals surface area contributed by atoms with Gasteiger partial charge in [-0.15, -0.1) is 0 Å². The molecule has 180 valence electrons. The summed E-state index contributed by atoms with van der Waals surface area (Å²) < 4.78 is 64.4. The fourth-order valence-corrected chi connectivity index (χ4v) is 4.81. The predicted octanol–water partition coefficient (Wildman–Crippen LogP) is 3.39. The Hall–Kier alpha value is -2.34. The second-order valence-electron chi connectivity index (χ2n) is 7.88. The quantitative estimate of drug-likeness (QED) is 0.574. The fraction of sp³-hybridized carbons (Fsp3) is 0.381. The third-order valence-electron chi connectivity index (χ3n) is 5.47. The van der Waals surface area contributed by atoms with Gasteiger partial charge in [-0.3, -0.25) is 4.79 Å². The van der Waals surface area contributed by atoms with E-state index in [1.54, 1.807) is 12.1 Å². The number of aliphatic hydroxyl groups is 2. The highest BCUT2D eigenvalue weighted by molar-refractivity contribution is 7.91. The molecule has 1 heterocycles. The number of nitrogens with zero attached hydrogens (tertiary/aromatic N) is 1. The molecule has 2 aromatic carbocycles. The molecule has 7 nitrogen and oxygen atoms in total. The molecule has 2 aromatic rings. The maximum atomic E-state index is 13.0. The van der Waals surface area contributed by atoms with Crippen molar-refractivity contribution < 1.29 is 36.6 Å². The molecule has 33 heavy (non-hydrogen) atoms. The number of benzene rings is 2. The average molecular weight is 507 g/mol. The van der Waals surface area contributed by atoms with Crippen molar-refractivity contribution in [1.29, 1.82) is 0 Å². The van der Waals surface area contributed by atoms with E-state index in [0.29, 0.717) is 32.9 Å². The van der Waals surface area contributed by atoms with Crippen molar-refractivity contribution in [3.8, 4) is 0 Å². The highest BCUT2D eigenvalue weighted by Crippen LogP contribution is 2.34. The molecule has 0 spiro atoms. The van der Waals surface area contributed by atoms with Crippen molar-refractivity contribution in [2.75, 3.05) is 23.3 Å². The number of hydrogen-bond acceptors (Lipinski definition) is 6. The molecule has 0 unspecified atom stereocenters. The van der Waals surface area contributed by atoms with Gasteiger partial charge in [0.05, 0.1) is 26.6 Å². The first-order valence-corrected chi connectivity index (χ1v) is 11.8. The Morgan fingerprint density at radius 2 is 1.64 bits per heavy atom. The lowest BCUT2D eigenvalue weighted by atomic mass is 10.1. The van der Waals surface area contributed by atoms with Crippen molar-refractivity contribution in [1.82, 2.24) is 0 Å². The summed E-state index contributed by atoms with van der Waals surface area (Å²) in [6, 6.07) is 9.32. The second kappa shape index (κ2) is 9.13. The monoisotopic (exact) mass is 506 g/mol. The van der Waals surface area contributed by atoms with Crippen LogP contribution in [0.5, 0.6) is 0 Å². The van der Waals surface area contributed by atoms with Crippen LogP contribution >= 0.6 is 11.6 Å². The van der Waals surface area contributed by atoms with Crippen LogP contribution in [-0.2, 0) is 14.6 Å². The smallest absolute Gasteiger partial charge is 0.393 e. The summed E-state index contributed by atoms with van der Waals surface area (Å²) in [7, 11) is -4.00. The lowest BCUT2D eigenvalue weighted by Crippen LogP contribution is -2.52. The number of alkyl halides is 3. The molecule has 1 aliphatic heterocycles. The van der Waals surface area contributed by atoms with Gasteiger partial charge in [0.2, 0.25) is 15.4 Å². The van der Waals surface area contributed by atoms with Crippen molar-refractivity contribution in [2.45, 2.75) is 47.4 Å². The lowest BCUT2D eigenvalue weighted by Gasteiger charge is -2.31. The summed E-state index contributed by atoms with van der Waals surface area (Å²) in [5, 5.41) is 20.6. The van der Waals surface area contributed by atoms with Gasteiger partial charge < -0.3 is 20.4 Å². The van der Waals surface area contributed by atoms with Crippen molar-refractivity contribution in [3.63, 3.8) is 0 Å². The zero-order valence-corrected chi connectivity index (χ0v) is 19.0. The first kappa shape index (κ1) is 25.3. The summed E-state index contributed by atoms with van der Waals surface area (Å²) in [5.41, 5.74) is -3.13. The highest BCUT2D eigenvalue weighted by atomic mass is 35.5. The number of hydrogen-bond donors (Lipinski definition) is 3. The van der Waals surface area contributed by atoms with Gasteiger partial charge in [-0.2, -0.15) is 13.2 Å². The number of piperidine rings is 1. The number of aliphatic hydroxyl groups excluding tert-OH is 1. The Kier molecular flexibility index (Phi) is 6.99. The summed E-state index contributed by atoms with van der Waals surface area (Å²) in [5.74, 6) is -1.76. The van der Waals surface area contributed by atoms with Crippen LogP contribution in [-0.4, -0.2) is 55.5 Å². The molecule has 0 bridgehead atoms. The molecular weight excluding hydrogens is 485 g/mol. The van der Waals surface area contributed by atoms with E-state index in [2.05, 4.69) is 0 Å². The number of sulfone groups is 1. The number of rotatable bonds is 5. The van der Waals surface area contributed by atoms with Crippen molar-refractivity contribution in [2.24, 2.45) is 0 Å². The third-order valence-corrected chi connectivity index (χ3v) is 7.55. The van der Waals surface area contributed by atoms with Crippen LogP contribution in [0, 0.1) is 0 Å². The van der Waals surface area contributed by atoms with Crippen molar-refractivity contribution >= 4 is 38.7 Å². The molecule has 1 fully saturated rings. The largest absolute Gasteiger partial charge is 0.426 e. The summed E-state index contributed by atoms with van der Waals surface area (Å²) in [4.78, 5) is 13.6. The SMILES string of the molecule is C[C@@](O)(C(=O)Nc1ccc(S(=O)(=O)c2ccc(N3CCC(O)CC3)cc2)cc1Cl)C(F)(F)F. The van der Waals surface area contributed by atoms with E-state index in [0.717, 1.165) is 23.9 Å².